The van der Waals surface area contributed by atoms with Gasteiger partial charge in [0.25, 0.3) is 0 Å². The third-order valence-electron chi connectivity index (χ3n) is 2.62. The van der Waals surface area contributed by atoms with Gasteiger partial charge in [0, 0.05) is 12.6 Å². The number of nitrogens with two attached hydrogens (primary N) is 1. The number of rotatable bonds is 2. The predicted octanol–water partition coefficient (Wildman–Crippen LogP) is 2.73. The number of likely N-dealkylation sites (tertiary alicyclic amines) is 1. The maximum Gasteiger partial charge on any atom is 0.183 e. The highest BCUT2D eigenvalue weighted by Crippen LogP contribution is 2.27. The van der Waals surface area contributed by atoms with E-state index >= 15 is 0 Å². The molecule has 0 radical (unpaired) electrons. The first kappa shape index (κ1) is 11.6. The van der Waals surface area contributed by atoms with E-state index in [0.29, 0.717) is 6.04 Å². The summed E-state index contributed by atoms with van der Waals surface area (Å²) in [4.78, 5) is 2.34. The highest BCUT2D eigenvalue weighted by molar-refractivity contribution is 9.13. The molecule has 0 aromatic carbocycles. The molecule has 1 atom stereocenters. The van der Waals surface area contributed by atoms with Gasteiger partial charge in [0.05, 0.1) is 11.0 Å². The summed E-state index contributed by atoms with van der Waals surface area (Å²) >= 11 is 6.74. The van der Waals surface area contributed by atoms with E-state index in [1.165, 1.54) is 6.42 Å². The third-order valence-corrected chi connectivity index (χ3v) is 4.33. The summed E-state index contributed by atoms with van der Waals surface area (Å²) in [6.45, 7) is 2.93. The molecule has 1 aliphatic heterocycles. The average molecular weight is 338 g/mol. The molecule has 84 valence electrons. The Morgan fingerprint density at radius 2 is 2.33 bits per heavy atom. The Labute approximate surface area is 106 Å². The van der Waals surface area contributed by atoms with Gasteiger partial charge in [-0.1, -0.05) is 0 Å². The second-order valence-corrected chi connectivity index (χ2v) is 5.55. The van der Waals surface area contributed by atoms with E-state index < -0.39 is 0 Å². The molecule has 1 unspecified atom stereocenters. The lowest BCUT2D eigenvalue weighted by Crippen LogP contribution is -2.42. The Hall–Kier alpha value is 0.160. The summed E-state index contributed by atoms with van der Waals surface area (Å²) < 4.78 is 7.27. The Morgan fingerprint density at radius 1 is 1.53 bits per heavy atom. The number of hydrogen-bond donors (Lipinski definition) is 1. The van der Waals surface area contributed by atoms with Crippen LogP contribution in [0.15, 0.2) is 19.6 Å². The maximum absolute atomic E-state index is 5.92. The zero-order valence-corrected chi connectivity index (χ0v) is 11.6. The minimum atomic E-state index is 0.320. The SMILES string of the molecule is NC1CCCN(Cc2cc(Br)c(Br)o2)C1. The first-order valence-electron chi connectivity index (χ1n) is 5.07. The molecule has 1 saturated heterocycles. The van der Waals surface area contributed by atoms with Crippen molar-refractivity contribution in [3.63, 3.8) is 0 Å². The van der Waals surface area contributed by atoms with Crippen molar-refractivity contribution in [1.82, 2.24) is 4.90 Å². The molecular weight excluding hydrogens is 324 g/mol. The third kappa shape index (κ3) is 3.06. The molecule has 1 aromatic heterocycles. The first-order valence-corrected chi connectivity index (χ1v) is 6.65. The van der Waals surface area contributed by atoms with Gasteiger partial charge in [0.2, 0.25) is 0 Å². The highest BCUT2D eigenvalue weighted by Gasteiger charge is 2.18. The minimum Gasteiger partial charge on any atom is -0.452 e. The van der Waals surface area contributed by atoms with Gasteiger partial charge in [-0.05, 0) is 57.3 Å². The van der Waals surface area contributed by atoms with Gasteiger partial charge in [-0.15, -0.1) is 0 Å². The van der Waals surface area contributed by atoms with E-state index in [1.54, 1.807) is 0 Å². The van der Waals surface area contributed by atoms with Crippen molar-refractivity contribution < 1.29 is 4.42 Å². The summed E-state index contributed by atoms with van der Waals surface area (Å²) in [5.74, 6) is 0.975. The molecule has 2 heterocycles. The van der Waals surface area contributed by atoms with Gasteiger partial charge in [0.15, 0.2) is 4.67 Å². The number of halogens is 2. The van der Waals surface area contributed by atoms with Gasteiger partial charge in [-0.3, -0.25) is 4.90 Å². The molecule has 2 N–H and O–H groups in total. The van der Waals surface area contributed by atoms with Crippen molar-refractivity contribution in [2.45, 2.75) is 25.4 Å². The van der Waals surface area contributed by atoms with Crippen LogP contribution in [-0.2, 0) is 6.54 Å². The fourth-order valence-electron chi connectivity index (χ4n) is 1.92. The molecule has 15 heavy (non-hydrogen) atoms. The van der Waals surface area contributed by atoms with Gasteiger partial charge < -0.3 is 10.2 Å². The minimum absolute atomic E-state index is 0.320. The predicted molar refractivity (Wildman–Crippen MR) is 66.6 cm³/mol. The lowest BCUT2D eigenvalue weighted by molar-refractivity contribution is 0.187. The molecule has 3 nitrogen and oxygen atoms in total. The fourth-order valence-corrected chi connectivity index (χ4v) is 2.58. The van der Waals surface area contributed by atoms with Crippen LogP contribution in [0.25, 0.3) is 0 Å². The van der Waals surface area contributed by atoms with E-state index in [1.807, 2.05) is 6.07 Å². The zero-order valence-electron chi connectivity index (χ0n) is 8.38. The topological polar surface area (TPSA) is 42.4 Å². The lowest BCUT2D eigenvalue weighted by Gasteiger charge is -2.29. The number of piperidine rings is 1. The Balaban J connectivity index is 1.96. The van der Waals surface area contributed by atoms with Crippen molar-refractivity contribution in [2.24, 2.45) is 5.73 Å². The lowest BCUT2D eigenvalue weighted by atomic mass is 10.1. The van der Waals surface area contributed by atoms with Crippen molar-refractivity contribution in [1.29, 1.82) is 0 Å². The van der Waals surface area contributed by atoms with E-state index in [2.05, 4.69) is 36.8 Å². The largest absolute Gasteiger partial charge is 0.452 e. The quantitative estimate of drug-likeness (QED) is 0.902. The van der Waals surface area contributed by atoms with Crippen molar-refractivity contribution in [3.05, 3.63) is 21.0 Å². The summed E-state index contributed by atoms with van der Waals surface area (Å²) in [7, 11) is 0. The van der Waals surface area contributed by atoms with Crippen LogP contribution in [-0.4, -0.2) is 24.0 Å². The highest BCUT2D eigenvalue weighted by atomic mass is 79.9. The van der Waals surface area contributed by atoms with Gasteiger partial charge in [0.1, 0.15) is 5.76 Å². The monoisotopic (exact) mass is 336 g/mol. The molecule has 5 heteroatoms. The standard InChI is InChI=1S/C10H14Br2N2O/c11-9-4-8(15-10(9)12)6-14-3-1-2-7(13)5-14/h4,7H,1-3,5-6,13H2. The van der Waals surface area contributed by atoms with Crippen LogP contribution in [0.5, 0.6) is 0 Å². The number of hydrogen-bond acceptors (Lipinski definition) is 3. The fraction of sp³-hybridized carbons (Fsp3) is 0.600. The van der Waals surface area contributed by atoms with Crippen LogP contribution in [0, 0.1) is 0 Å². The van der Waals surface area contributed by atoms with Crippen molar-refractivity contribution >= 4 is 31.9 Å². The number of furan rings is 1. The Morgan fingerprint density at radius 3 is 2.93 bits per heavy atom. The molecule has 0 saturated carbocycles. The van der Waals surface area contributed by atoms with Gasteiger partial charge >= 0.3 is 0 Å². The van der Waals surface area contributed by atoms with E-state index in [9.17, 15) is 0 Å². The second-order valence-electron chi connectivity index (χ2n) is 3.97. The molecule has 1 fully saturated rings. The molecule has 0 bridgehead atoms. The average Bonchev–Trinajstić information content (AvgIpc) is 2.45. The summed E-state index contributed by atoms with van der Waals surface area (Å²) in [6.07, 6.45) is 2.33. The molecule has 1 aliphatic rings. The smallest absolute Gasteiger partial charge is 0.183 e. The second kappa shape index (κ2) is 4.99. The van der Waals surface area contributed by atoms with Gasteiger partial charge in [-0.25, -0.2) is 0 Å². The maximum atomic E-state index is 5.92. The van der Waals surface area contributed by atoms with Crippen molar-refractivity contribution in [3.8, 4) is 0 Å². The van der Waals surface area contributed by atoms with Crippen LogP contribution in [0.2, 0.25) is 0 Å². The molecule has 1 aromatic rings. The Kier molecular flexibility index (Phi) is 3.88. The van der Waals surface area contributed by atoms with Crippen LogP contribution < -0.4 is 5.73 Å². The van der Waals surface area contributed by atoms with E-state index in [4.69, 9.17) is 10.2 Å². The van der Waals surface area contributed by atoms with Crippen LogP contribution in [0.3, 0.4) is 0 Å². The first-order chi connectivity index (χ1) is 7.15. The number of nitrogens with zero attached hydrogens (tertiary/aromatic N) is 1. The molecular formula is C10H14Br2N2O. The van der Waals surface area contributed by atoms with E-state index in [0.717, 1.165) is 41.0 Å². The van der Waals surface area contributed by atoms with E-state index in [-0.39, 0.29) is 0 Å². The van der Waals surface area contributed by atoms with Crippen LogP contribution >= 0.6 is 31.9 Å². The summed E-state index contributed by atoms with van der Waals surface area (Å²) in [6, 6.07) is 2.32. The van der Waals surface area contributed by atoms with Crippen LogP contribution in [0.1, 0.15) is 18.6 Å². The van der Waals surface area contributed by atoms with Crippen LogP contribution in [0.4, 0.5) is 0 Å². The van der Waals surface area contributed by atoms with Gasteiger partial charge in [-0.2, -0.15) is 0 Å². The summed E-state index contributed by atoms with van der Waals surface area (Å²) in [5.41, 5.74) is 5.92. The zero-order chi connectivity index (χ0) is 10.8. The Bertz CT molecular complexity index is 321. The normalized spacial score (nSPS) is 23.3. The van der Waals surface area contributed by atoms with Crippen molar-refractivity contribution in [2.75, 3.05) is 13.1 Å². The molecule has 0 amide bonds. The molecule has 2 rings (SSSR count). The summed E-state index contributed by atoms with van der Waals surface area (Å²) in [5, 5.41) is 0. The molecule has 0 aliphatic carbocycles. The molecule has 0 spiro atoms.